The molecular formula is C23H15BrN2O7S2. The molecule has 3 aromatic rings. The fourth-order valence-electron chi connectivity index (χ4n) is 3.11. The molecule has 1 aliphatic rings. The highest BCUT2D eigenvalue weighted by molar-refractivity contribution is 9.10. The van der Waals surface area contributed by atoms with Crippen molar-refractivity contribution in [2.45, 2.75) is 11.4 Å². The third-order valence-electron chi connectivity index (χ3n) is 4.83. The van der Waals surface area contributed by atoms with Crippen molar-refractivity contribution < 1.29 is 27.1 Å². The van der Waals surface area contributed by atoms with Gasteiger partial charge in [0.05, 0.1) is 16.4 Å². The molecule has 1 fully saturated rings. The summed E-state index contributed by atoms with van der Waals surface area (Å²) in [7, 11) is -4.29. The number of benzene rings is 3. The van der Waals surface area contributed by atoms with Gasteiger partial charge in [0.15, 0.2) is 0 Å². The minimum Gasteiger partial charge on any atom is -0.379 e. The maximum Gasteiger partial charge on any atom is 0.339 e. The number of hydrogen-bond donors (Lipinski definition) is 0. The van der Waals surface area contributed by atoms with E-state index in [1.54, 1.807) is 0 Å². The first-order chi connectivity index (χ1) is 16.6. The first-order valence-electron chi connectivity index (χ1n) is 9.91. The maximum absolute atomic E-state index is 12.7. The minimum absolute atomic E-state index is 0.0167. The van der Waals surface area contributed by atoms with E-state index in [-0.39, 0.29) is 33.0 Å². The summed E-state index contributed by atoms with van der Waals surface area (Å²) < 4.78 is 30.9. The second-order valence-electron chi connectivity index (χ2n) is 7.26. The van der Waals surface area contributed by atoms with Crippen LogP contribution in [0.2, 0.25) is 0 Å². The zero-order chi connectivity index (χ0) is 25.2. The Labute approximate surface area is 212 Å². The second kappa shape index (κ2) is 10.0. The molecule has 0 bridgehead atoms. The van der Waals surface area contributed by atoms with Crippen molar-refractivity contribution in [2.75, 3.05) is 0 Å². The van der Waals surface area contributed by atoms with Crippen molar-refractivity contribution >= 4 is 60.7 Å². The van der Waals surface area contributed by atoms with Gasteiger partial charge in [0.1, 0.15) is 10.6 Å². The minimum atomic E-state index is -4.29. The normalized spacial score (nSPS) is 15.0. The van der Waals surface area contributed by atoms with E-state index in [9.17, 15) is 28.1 Å². The molecule has 35 heavy (non-hydrogen) atoms. The molecule has 0 aromatic heterocycles. The van der Waals surface area contributed by atoms with E-state index in [1.807, 2.05) is 24.3 Å². The van der Waals surface area contributed by atoms with Crippen molar-refractivity contribution in [3.05, 3.63) is 103 Å². The Morgan fingerprint density at radius 3 is 2.37 bits per heavy atom. The number of nitro benzene ring substituents is 1. The van der Waals surface area contributed by atoms with Gasteiger partial charge in [0.2, 0.25) is 0 Å². The molecule has 178 valence electrons. The van der Waals surface area contributed by atoms with Crippen LogP contribution in [0.4, 0.5) is 10.5 Å². The largest absolute Gasteiger partial charge is 0.379 e. The van der Waals surface area contributed by atoms with Gasteiger partial charge in [-0.2, -0.15) is 8.42 Å². The summed E-state index contributed by atoms with van der Waals surface area (Å²) in [5, 5.41) is 10.5. The van der Waals surface area contributed by atoms with E-state index < -0.39 is 20.9 Å². The molecule has 1 aliphatic heterocycles. The van der Waals surface area contributed by atoms with Gasteiger partial charge in [-0.3, -0.25) is 24.6 Å². The Hall–Kier alpha value is -3.48. The van der Waals surface area contributed by atoms with Gasteiger partial charge in [-0.15, -0.1) is 0 Å². The van der Waals surface area contributed by atoms with Crippen LogP contribution in [0.25, 0.3) is 6.08 Å². The Morgan fingerprint density at radius 2 is 1.71 bits per heavy atom. The number of amides is 2. The van der Waals surface area contributed by atoms with Crippen LogP contribution in [-0.2, 0) is 21.5 Å². The SMILES string of the molecule is O=C1S/C(=C\c2ccc(OS(=O)(=O)c3cccc([N+](=O)[O-])c3)cc2)C(=O)N1Cc1ccc(Br)cc1. The average Bonchev–Trinajstić information content (AvgIpc) is 3.09. The molecule has 0 radical (unpaired) electrons. The number of hydrogen-bond acceptors (Lipinski definition) is 8. The van der Waals surface area contributed by atoms with Gasteiger partial charge in [-0.05, 0) is 59.3 Å². The molecule has 0 aliphatic carbocycles. The number of carbonyl (C=O) groups is 2. The van der Waals surface area contributed by atoms with E-state index >= 15 is 0 Å². The van der Waals surface area contributed by atoms with Crippen molar-refractivity contribution in [1.29, 1.82) is 0 Å². The number of nitrogens with zero attached hydrogens (tertiary/aromatic N) is 2. The van der Waals surface area contributed by atoms with Gasteiger partial charge in [-0.1, -0.05) is 46.3 Å². The Morgan fingerprint density at radius 1 is 1.03 bits per heavy atom. The molecule has 1 heterocycles. The Bertz CT molecular complexity index is 1450. The summed E-state index contributed by atoms with van der Waals surface area (Å²) in [5.74, 6) is -0.437. The molecule has 0 atom stereocenters. The highest BCUT2D eigenvalue weighted by Gasteiger charge is 2.35. The highest BCUT2D eigenvalue weighted by Crippen LogP contribution is 2.34. The lowest BCUT2D eigenvalue weighted by Gasteiger charge is -2.12. The number of rotatable bonds is 7. The number of non-ortho nitro benzene ring substituents is 1. The van der Waals surface area contributed by atoms with E-state index in [2.05, 4.69) is 15.9 Å². The van der Waals surface area contributed by atoms with Gasteiger partial charge >= 0.3 is 10.1 Å². The van der Waals surface area contributed by atoms with Crippen LogP contribution in [0.3, 0.4) is 0 Å². The lowest BCUT2D eigenvalue weighted by atomic mass is 10.2. The lowest BCUT2D eigenvalue weighted by molar-refractivity contribution is -0.385. The number of halogens is 1. The number of thioether (sulfide) groups is 1. The smallest absolute Gasteiger partial charge is 0.339 e. The predicted molar refractivity (Wildman–Crippen MR) is 133 cm³/mol. The molecule has 4 rings (SSSR count). The lowest BCUT2D eigenvalue weighted by Crippen LogP contribution is -2.27. The predicted octanol–water partition coefficient (Wildman–Crippen LogP) is 5.36. The fraction of sp³-hybridized carbons (Fsp3) is 0.0435. The van der Waals surface area contributed by atoms with Crippen molar-refractivity contribution in [2.24, 2.45) is 0 Å². The van der Waals surface area contributed by atoms with Crippen molar-refractivity contribution in [3.63, 3.8) is 0 Å². The van der Waals surface area contributed by atoms with Crippen LogP contribution in [0.15, 0.2) is 87.1 Å². The van der Waals surface area contributed by atoms with E-state index in [0.29, 0.717) is 5.56 Å². The van der Waals surface area contributed by atoms with Crippen LogP contribution >= 0.6 is 27.7 Å². The molecule has 0 unspecified atom stereocenters. The molecule has 9 nitrogen and oxygen atoms in total. The first-order valence-corrected chi connectivity index (χ1v) is 12.9. The van der Waals surface area contributed by atoms with Gasteiger partial charge < -0.3 is 4.18 Å². The first kappa shape index (κ1) is 24.6. The highest BCUT2D eigenvalue weighted by atomic mass is 79.9. The summed E-state index contributed by atoms with van der Waals surface area (Å²) in [6.45, 7) is 0.150. The third-order valence-corrected chi connectivity index (χ3v) is 7.51. The molecule has 12 heteroatoms. The van der Waals surface area contributed by atoms with E-state index in [0.717, 1.165) is 32.8 Å². The summed E-state index contributed by atoms with van der Waals surface area (Å²) in [5.41, 5.74) is 0.988. The number of carbonyl (C=O) groups excluding carboxylic acids is 2. The summed E-state index contributed by atoms with van der Waals surface area (Å²) in [6, 6.07) is 17.6. The summed E-state index contributed by atoms with van der Waals surface area (Å²) in [4.78, 5) is 36.3. The topological polar surface area (TPSA) is 124 Å². The maximum atomic E-state index is 12.7. The van der Waals surface area contributed by atoms with Crippen LogP contribution in [0, 0.1) is 10.1 Å². The Kier molecular flexibility index (Phi) is 7.05. The quantitative estimate of drug-likeness (QED) is 0.160. The summed E-state index contributed by atoms with van der Waals surface area (Å²) in [6.07, 6.45) is 1.53. The van der Waals surface area contributed by atoms with E-state index in [1.165, 1.54) is 48.5 Å². The molecule has 1 saturated heterocycles. The van der Waals surface area contributed by atoms with E-state index in [4.69, 9.17) is 4.18 Å². The van der Waals surface area contributed by atoms with Crippen molar-refractivity contribution in [3.8, 4) is 5.75 Å². The molecule has 3 aromatic carbocycles. The monoisotopic (exact) mass is 574 g/mol. The standard InChI is InChI=1S/C23H15BrN2O7S2/c24-17-8-4-16(5-9-17)14-25-22(27)21(34-23(25)28)12-15-6-10-19(11-7-15)33-35(31,32)20-3-1-2-18(13-20)26(29)30/h1-13H,14H2/b21-12-. The van der Waals surface area contributed by atoms with Crippen LogP contribution in [0.1, 0.15) is 11.1 Å². The van der Waals surface area contributed by atoms with Crippen LogP contribution < -0.4 is 4.18 Å². The second-order valence-corrected chi connectivity index (χ2v) is 10.7. The third kappa shape index (κ3) is 5.78. The van der Waals surface area contributed by atoms with Crippen LogP contribution in [-0.4, -0.2) is 29.4 Å². The summed E-state index contributed by atoms with van der Waals surface area (Å²) >= 11 is 4.16. The number of nitro groups is 1. The van der Waals surface area contributed by atoms with Crippen molar-refractivity contribution in [1.82, 2.24) is 4.90 Å². The van der Waals surface area contributed by atoms with Gasteiger partial charge in [0.25, 0.3) is 16.8 Å². The Balaban J connectivity index is 1.47. The molecule has 0 N–H and O–H groups in total. The zero-order valence-corrected chi connectivity index (χ0v) is 20.9. The average molecular weight is 575 g/mol. The molecular weight excluding hydrogens is 560 g/mol. The molecule has 0 saturated carbocycles. The fourth-order valence-corrected chi connectivity index (χ4v) is 5.18. The van der Waals surface area contributed by atoms with Gasteiger partial charge in [-0.25, -0.2) is 0 Å². The zero-order valence-electron chi connectivity index (χ0n) is 17.7. The number of imide groups is 1. The van der Waals surface area contributed by atoms with Gasteiger partial charge in [0, 0.05) is 16.6 Å². The molecule has 0 spiro atoms. The molecule has 2 amide bonds. The van der Waals surface area contributed by atoms with Crippen LogP contribution in [0.5, 0.6) is 5.75 Å².